The zero-order valence-corrected chi connectivity index (χ0v) is 15.4. The number of hydrogen-bond donors (Lipinski definition) is 2. The van der Waals surface area contributed by atoms with Crippen LogP contribution in [0.2, 0.25) is 10.0 Å². The maximum absolute atomic E-state index is 12.0. The van der Waals surface area contributed by atoms with Crippen molar-refractivity contribution < 1.29 is 4.79 Å². The Balaban J connectivity index is 1.52. The van der Waals surface area contributed by atoms with Gasteiger partial charge in [0, 0.05) is 16.3 Å². The van der Waals surface area contributed by atoms with E-state index in [1.807, 2.05) is 17.5 Å². The molecule has 0 aliphatic heterocycles. The molecule has 0 aliphatic rings. The van der Waals surface area contributed by atoms with Crippen molar-refractivity contribution >= 4 is 57.9 Å². The third kappa shape index (κ3) is 4.73. The highest BCUT2D eigenvalue weighted by Crippen LogP contribution is 2.25. The van der Waals surface area contributed by atoms with E-state index in [2.05, 4.69) is 20.5 Å². The van der Waals surface area contributed by atoms with Crippen molar-refractivity contribution in [3.05, 3.63) is 56.5 Å². The highest BCUT2D eigenvalue weighted by molar-refractivity contribution is 7.99. The zero-order valence-electron chi connectivity index (χ0n) is 12.3. The molecule has 0 saturated carbocycles. The smallest absolute Gasteiger partial charge is 0.234 e. The molecule has 0 saturated heterocycles. The first-order valence-electron chi connectivity index (χ1n) is 6.91. The molecule has 1 amide bonds. The van der Waals surface area contributed by atoms with Gasteiger partial charge in [0.2, 0.25) is 11.1 Å². The van der Waals surface area contributed by atoms with Gasteiger partial charge in [-0.1, -0.05) is 41.0 Å². The molecule has 2 heterocycles. The fourth-order valence-electron chi connectivity index (χ4n) is 1.91. The molecule has 0 aliphatic carbocycles. The van der Waals surface area contributed by atoms with Crippen LogP contribution in [-0.4, -0.2) is 26.8 Å². The van der Waals surface area contributed by atoms with E-state index < -0.39 is 0 Å². The minimum Gasteiger partial charge on any atom is -0.324 e. The first kappa shape index (κ1) is 17.3. The quantitative estimate of drug-likeness (QED) is 0.599. The average Bonchev–Trinajstić information content (AvgIpc) is 3.20. The van der Waals surface area contributed by atoms with Gasteiger partial charge < -0.3 is 5.32 Å². The Morgan fingerprint density at radius 3 is 2.96 bits per heavy atom. The summed E-state index contributed by atoms with van der Waals surface area (Å²) in [5.41, 5.74) is 0.528. The van der Waals surface area contributed by atoms with Gasteiger partial charge in [-0.2, -0.15) is 0 Å². The molecule has 3 rings (SSSR count). The summed E-state index contributed by atoms with van der Waals surface area (Å²) in [5.74, 6) is 0.782. The van der Waals surface area contributed by atoms with Crippen molar-refractivity contribution in [1.82, 2.24) is 15.2 Å². The number of thioether (sulfide) groups is 1. The number of thiophene rings is 1. The second-order valence-corrected chi connectivity index (χ2v) is 7.60. The Bertz CT molecular complexity index is 836. The van der Waals surface area contributed by atoms with Crippen LogP contribution in [0.25, 0.3) is 0 Å². The Morgan fingerprint density at radius 2 is 2.21 bits per heavy atom. The van der Waals surface area contributed by atoms with Gasteiger partial charge in [0.1, 0.15) is 5.82 Å². The van der Waals surface area contributed by atoms with Gasteiger partial charge >= 0.3 is 0 Å². The summed E-state index contributed by atoms with van der Waals surface area (Å²) in [6, 6.07) is 8.96. The van der Waals surface area contributed by atoms with Crippen LogP contribution in [0.5, 0.6) is 0 Å². The third-order valence-electron chi connectivity index (χ3n) is 2.97. The van der Waals surface area contributed by atoms with Crippen LogP contribution in [-0.2, 0) is 11.2 Å². The Morgan fingerprint density at radius 1 is 1.33 bits per heavy atom. The largest absolute Gasteiger partial charge is 0.324 e. The number of halogens is 2. The molecule has 0 unspecified atom stereocenters. The molecule has 1 aromatic carbocycles. The normalized spacial score (nSPS) is 10.8. The van der Waals surface area contributed by atoms with Crippen molar-refractivity contribution in [1.29, 1.82) is 0 Å². The van der Waals surface area contributed by atoms with Gasteiger partial charge in [-0.05, 0) is 29.6 Å². The monoisotopic (exact) mass is 398 g/mol. The number of aromatic nitrogens is 3. The van der Waals surface area contributed by atoms with Crippen LogP contribution in [0.15, 0.2) is 40.9 Å². The lowest BCUT2D eigenvalue weighted by Crippen LogP contribution is -2.14. The van der Waals surface area contributed by atoms with Gasteiger partial charge in [0.05, 0.1) is 16.5 Å². The van der Waals surface area contributed by atoms with E-state index in [1.165, 1.54) is 16.6 Å². The predicted octanol–water partition coefficient (Wildman–Crippen LogP) is 4.49. The van der Waals surface area contributed by atoms with Crippen LogP contribution >= 0.6 is 46.3 Å². The van der Waals surface area contributed by atoms with Crippen LogP contribution in [0, 0.1) is 0 Å². The number of amides is 1. The second kappa shape index (κ2) is 8.02. The topological polar surface area (TPSA) is 70.7 Å². The number of H-pyrrole nitrogens is 1. The lowest BCUT2D eigenvalue weighted by molar-refractivity contribution is -0.113. The Hall–Kier alpha value is -1.54. The molecular weight excluding hydrogens is 387 g/mol. The van der Waals surface area contributed by atoms with E-state index in [4.69, 9.17) is 23.2 Å². The average molecular weight is 399 g/mol. The summed E-state index contributed by atoms with van der Waals surface area (Å²) < 4.78 is 0. The number of carbonyl (C=O) groups excluding carboxylic acids is 1. The van der Waals surface area contributed by atoms with Crippen LogP contribution in [0.4, 0.5) is 5.69 Å². The summed E-state index contributed by atoms with van der Waals surface area (Å²) in [6.07, 6.45) is 0.706. The van der Waals surface area contributed by atoms with E-state index in [0.717, 1.165) is 5.82 Å². The minimum absolute atomic E-state index is 0.186. The number of nitrogens with one attached hydrogen (secondary N) is 2. The predicted molar refractivity (Wildman–Crippen MR) is 99.3 cm³/mol. The standard InChI is InChI=1S/C15H12Cl2N4OS2/c16-9-3-4-12(11(17)6-9)18-14(22)8-24-15-19-13(20-21-15)7-10-2-1-5-23-10/h1-6H,7-8H2,(H,18,22)(H,19,20,21). The van der Waals surface area contributed by atoms with Crippen LogP contribution in [0.1, 0.15) is 10.7 Å². The molecule has 0 atom stereocenters. The fraction of sp³-hybridized carbons (Fsp3) is 0.133. The first-order chi connectivity index (χ1) is 11.6. The lowest BCUT2D eigenvalue weighted by Gasteiger charge is -2.06. The van der Waals surface area contributed by atoms with Crippen molar-refractivity contribution in [3.63, 3.8) is 0 Å². The molecule has 0 radical (unpaired) electrons. The summed E-state index contributed by atoms with van der Waals surface area (Å²) in [6.45, 7) is 0. The highest BCUT2D eigenvalue weighted by atomic mass is 35.5. The summed E-state index contributed by atoms with van der Waals surface area (Å²) in [7, 11) is 0. The number of benzene rings is 1. The van der Waals surface area contributed by atoms with E-state index in [1.54, 1.807) is 29.5 Å². The zero-order chi connectivity index (χ0) is 16.9. The minimum atomic E-state index is -0.186. The van der Waals surface area contributed by atoms with Gasteiger partial charge in [0.25, 0.3) is 0 Å². The molecule has 0 bridgehead atoms. The number of nitrogens with zero attached hydrogens (tertiary/aromatic N) is 2. The van der Waals surface area contributed by atoms with Crippen molar-refractivity contribution in [3.8, 4) is 0 Å². The van der Waals surface area contributed by atoms with Gasteiger partial charge in [0.15, 0.2) is 0 Å². The van der Waals surface area contributed by atoms with E-state index in [9.17, 15) is 4.79 Å². The second-order valence-electron chi connectivity index (χ2n) is 4.78. The van der Waals surface area contributed by atoms with Crippen LogP contribution in [0.3, 0.4) is 0 Å². The van der Waals surface area contributed by atoms with Gasteiger partial charge in [-0.25, -0.2) is 4.98 Å². The summed E-state index contributed by atoms with van der Waals surface area (Å²) >= 11 is 14.8. The Labute approximate surface area is 156 Å². The maximum Gasteiger partial charge on any atom is 0.234 e. The first-order valence-corrected chi connectivity index (χ1v) is 9.53. The molecule has 124 valence electrons. The van der Waals surface area contributed by atoms with Gasteiger partial charge in [-0.15, -0.1) is 16.4 Å². The molecule has 2 N–H and O–H groups in total. The fourth-order valence-corrected chi connectivity index (χ4v) is 3.69. The van der Waals surface area contributed by atoms with E-state index in [0.29, 0.717) is 27.3 Å². The molecule has 2 aromatic heterocycles. The summed E-state index contributed by atoms with van der Waals surface area (Å²) in [4.78, 5) is 17.6. The van der Waals surface area contributed by atoms with Crippen molar-refractivity contribution in [2.45, 2.75) is 11.6 Å². The van der Waals surface area contributed by atoms with Crippen LogP contribution < -0.4 is 5.32 Å². The lowest BCUT2D eigenvalue weighted by atomic mass is 10.3. The third-order valence-corrected chi connectivity index (χ3v) is 5.24. The van der Waals surface area contributed by atoms with Crippen molar-refractivity contribution in [2.75, 3.05) is 11.1 Å². The number of carbonyl (C=O) groups is 1. The van der Waals surface area contributed by atoms with E-state index in [-0.39, 0.29) is 11.7 Å². The van der Waals surface area contributed by atoms with E-state index >= 15 is 0 Å². The molecule has 0 spiro atoms. The maximum atomic E-state index is 12.0. The van der Waals surface area contributed by atoms with Gasteiger partial charge in [-0.3, -0.25) is 9.89 Å². The number of anilines is 1. The molecule has 5 nitrogen and oxygen atoms in total. The number of aromatic amines is 1. The molecule has 0 fully saturated rings. The highest BCUT2D eigenvalue weighted by Gasteiger charge is 2.10. The molecule has 24 heavy (non-hydrogen) atoms. The molecule has 3 aromatic rings. The Kier molecular flexibility index (Phi) is 5.78. The molecular formula is C15H12Cl2N4OS2. The summed E-state index contributed by atoms with van der Waals surface area (Å²) in [5, 5.41) is 13.2. The number of hydrogen-bond acceptors (Lipinski definition) is 5. The van der Waals surface area contributed by atoms with Crippen molar-refractivity contribution in [2.24, 2.45) is 0 Å². The number of rotatable bonds is 6. The molecule has 9 heteroatoms. The SMILES string of the molecule is O=C(CSc1n[nH]c(Cc2cccs2)n1)Nc1ccc(Cl)cc1Cl.